The van der Waals surface area contributed by atoms with Gasteiger partial charge in [-0.1, -0.05) is 13.8 Å². The molecule has 0 spiro atoms. The van der Waals surface area contributed by atoms with E-state index in [2.05, 4.69) is 39.9 Å². The number of aliphatic imine (C=N–C) groups is 1. The van der Waals surface area contributed by atoms with Crippen molar-refractivity contribution in [3.8, 4) is 11.1 Å². The third-order valence-electron chi connectivity index (χ3n) is 3.08. The monoisotopic (exact) mass is 238 g/mol. The van der Waals surface area contributed by atoms with Gasteiger partial charge < -0.3 is 0 Å². The molecule has 3 rings (SSSR count). The fourth-order valence-electron chi connectivity index (χ4n) is 2.15. The zero-order chi connectivity index (χ0) is 12.5. The van der Waals surface area contributed by atoms with Gasteiger partial charge in [-0.05, 0) is 12.0 Å². The SMILES string of the molecule is CC(C)c1ncncc1-c1cnc2c(c1)C=NC2. The van der Waals surface area contributed by atoms with Gasteiger partial charge in [0.25, 0.3) is 0 Å². The van der Waals surface area contributed by atoms with Crippen molar-refractivity contribution in [3.63, 3.8) is 0 Å². The van der Waals surface area contributed by atoms with E-state index in [-0.39, 0.29) is 0 Å². The molecular weight excluding hydrogens is 224 g/mol. The third kappa shape index (κ3) is 1.79. The largest absolute Gasteiger partial charge is 0.286 e. The van der Waals surface area contributed by atoms with E-state index in [0.717, 1.165) is 28.1 Å². The summed E-state index contributed by atoms with van der Waals surface area (Å²) >= 11 is 0. The quantitative estimate of drug-likeness (QED) is 0.808. The van der Waals surface area contributed by atoms with Crippen LogP contribution in [0.5, 0.6) is 0 Å². The maximum atomic E-state index is 4.46. The maximum Gasteiger partial charge on any atom is 0.115 e. The number of pyridine rings is 1. The summed E-state index contributed by atoms with van der Waals surface area (Å²) in [6.07, 6.45) is 7.22. The molecule has 90 valence electrons. The molecule has 4 heteroatoms. The zero-order valence-electron chi connectivity index (χ0n) is 10.5. The molecule has 0 atom stereocenters. The Morgan fingerprint density at radius 1 is 1.17 bits per heavy atom. The van der Waals surface area contributed by atoms with Crippen LogP contribution in [-0.2, 0) is 6.54 Å². The van der Waals surface area contributed by atoms with Crippen LogP contribution in [0.4, 0.5) is 0 Å². The topological polar surface area (TPSA) is 51.0 Å². The van der Waals surface area contributed by atoms with Gasteiger partial charge in [0.1, 0.15) is 6.33 Å². The van der Waals surface area contributed by atoms with Gasteiger partial charge in [0.15, 0.2) is 0 Å². The van der Waals surface area contributed by atoms with Crippen LogP contribution in [0.2, 0.25) is 0 Å². The predicted octanol–water partition coefficient (Wildman–Crippen LogP) is 2.59. The van der Waals surface area contributed by atoms with E-state index < -0.39 is 0 Å². The minimum atomic E-state index is 0.366. The summed E-state index contributed by atoms with van der Waals surface area (Å²) in [6, 6.07) is 2.11. The molecule has 0 unspecified atom stereocenters. The summed E-state index contributed by atoms with van der Waals surface area (Å²) < 4.78 is 0. The Labute approximate surface area is 106 Å². The average Bonchev–Trinajstić information content (AvgIpc) is 2.85. The van der Waals surface area contributed by atoms with E-state index in [0.29, 0.717) is 12.5 Å². The molecule has 0 saturated carbocycles. The normalized spacial score (nSPS) is 13.1. The fraction of sp³-hybridized carbons (Fsp3) is 0.286. The van der Waals surface area contributed by atoms with Gasteiger partial charge in [0.2, 0.25) is 0 Å². The second-order valence-corrected chi connectivity index (χ2v) is 4.71. The second-order valence-electron chi connectivity index (χ2n) is 4.71. The minimum absolute atomic E-state index is 0.366. The molecular formula is C14H14N4. The van der Waals surface area contributed by atoms with Crippen molar-refractivity contribution >= 4 is 6.21 Å². The number of hydrogen-bond donors (Lipinski definition) is 0. The number of rotatable bonds is 2. The van der Waals surface area contributed by atoms with Crippen molar-refractivity contribution in [2.75, 3.05) is 0 Å². The summed E-state index contributed by atoms with van der Waals surface area (Å²) in [7, 11) is 0. The van der Waals surface area contributed by atoms with Gasteiger partial charge in [-0.25, -0.2) is 9.97 Å². The number of nitrogens with zero attached hydrogens (tertiary/aromatic N) is 4. The first-order chi connectivity index (χ1) is 8.75. The van der Waals surface area contributed by atoms with Crippen LogP contribution in [0.25, 0.3) is 11.1 Å². The highest BCUT2D eigenvalue weighted by atomic mass is 14.8. The molecule has 0 N–H and O–H groups in total. The maximum absolute atomic E-state index is 4.46. The number of hydrogen-bond acceptors (Lipinski definition) is 4. The molecule has 1 aliphatic rings. The molecule has 18 heavy (non-hydrogen) atoms. The van der Waals surface area contributed by atoms with Crippen molar-refractivity contribution in [2.24, 2.45) is 4.99 Å². The number of aromatic nitrogens is 3. The van der Waals surface area contributed by atoms with Crippen LogP contribution >= 0.6 is 0 Å². The lowest BCUT2D eigenvalue weighted by Crippen LogP contribution is -1.99. The first-order valence-corrected chi connectivity index (χ1v) is 6.04. The lowest BCUT2D eigenvalue weighted by Gasteiger charge is -2.11. The van der Waals surface area contributed by atoms with Crippen LogP contribution < -0.4 is 0 Å². The molecule has 0 fully saturated rings. The Morgan fingerprint density at radius 2 is 2.06 bits per heavy atom. The highest BCUT2D eigenvalue weighted by Gasteiger charge is 2.13. The summed E-state index contributed by atoms with van der Waals surface area (Å²) in [5.41, 5.74) is 5.32. The molecule has 2 aromatic heterocycles. The van der Waals surface area contributed by atoms with Crippen molar-refractivity contribution in [3.05, 3.63) is 41.7 Å². The fourth-order valence-corrected chi connectivity index (χ4v) is 2.15. The standard InChI is InChI=1S/C14H14N4/c1-9(2)14-12(6-16-8-18-14)10-3-11-4-15-7-13(11)17-5-10/h3-6,8-9H,7H2,1-2H3. The smallest absolute Gasteiger partial charge is 0.115 e. The van der Waals surface area contributed by atoms with E-state index >= 15 is 0 Å². The van der Waals surface area contributed by atoms with E-state index in [9.17, 15) is 0 Å². The summed E-state index contributed by atoms with van der Waals surface area (Å²) in [5.74, 6) is 0.366. The van der Waals surface area contributed by atoms with Gasteiger partial charge in [-0.2, -0.15) is 0 Å². The molecule has 1 aliphatic heterocycles. The van der Waals surface area contributed by atoms with Crippen molar-refractivity contribution in [1.82, 2.24) is 15.0 Å². The summed E-state index contributed by atoms with van der Waals surface area (Å²) in [5, 5.41) is 0. The highest BCUT2D eigenvalue weighted by Crippen LogP contribution is 2.27. The summed E-state index contributed by atoms with van der Waals surface area (Å²) in [4.78, 5) is 17.2. The lowest BCUT2D eigenvalue weighted by molar-refractivity contribution is 0.817. The van der Waals surface area contributed by atoms with Gasteiger partial charge in [-0.3, -0.25) is 9.98 Å². The molecule has 2 aromatic rings. The van der Waals surface area contributed by atoms with E-state index in [1.54, 1.807) is 6.33 Å². The van der Waals surface area contributed by atoms with E-state index in [1.807, 2.05) is 18.6 Å². The lowest BCUT2D eigenvalue weighted by atomic mass is 9.99. The third-order valence-corrected chi connectivity index (χ3v) is 3.08. The first kappa shape index (κ1) is 11.0. The van der Waals surface area contributed by atoms with E-state index in [1.165, 1.54) is 0 Å². The molecule has 4 nitrogen and oxygen atoms in total. The molecule has 0 bridgehead atoms. The Hall–Kier alpha value is -2.10. The van der Waals surface area contributed by atoms with Crippen LogP contribution in [0.1, 0.15) is 36.7 Å². The van der Waals surface area contributed by atoms with Gasteiger partial charge in [0.05, 0.1) is 17.9 Å². The Balaban J connectivity index is 2.13. The van der Waals surface area contributed by atoms with Crippen molar-refractivity contribution < 1.29 is 0 Å². The highest BCUT2D eigenvalue weighted by molar-refractivity contribution is 5.86. The Morgan fingerprint density at radius 3 is 2.89 bits per heavy atom. The zero-order valence-corrected chi connectivity index (χ0v) is 10.5. The molecule has 3 heterocycles. The van der Waals surface area contributed by atoms with E-state index in [4.69, 9.17) is 0 Å². The van der Waals surface area contributed by atoms with Gasteiger partial charge >= 0.3 is 0 Å². The van der Waals surface area contributed by atoms with Crippen molar-refractivity contribution in [2.45, 2.75) is 26.3 Å². The Bertz CT molecular complexity index is 617. The minimum Gasteiger partial charge on any atom is -0.286 e. The average molecular weight is 238 g/mol. The van der Waals surface area contributed by atoms with Gasteiger partial charge in [-0.15, -0.1) is 0 Å². The van der Waals surface area contributed by atoms with Crippen LogP contribution in [0.15, 0.2) is 29.8 Å². The van der Waals surface area contributed by atoms with Crippen LogP contribution in [0.3, 0.4) is 0 Å². The molecule has 0 saturated heterocycles. The second kappa shape index (κ2) is 4.29. The Kier molecular flexibility index (Phi) is 2.63. The van der Waals surface area contributed by atoms with Gasteiger partial charge in [0, 0.05) is 35.3 Å². The summed E-state index contributed by atoms with van der Waals surface area (Å²) in [6.45, 7) is 4.96. The molecule has 0 amide bonds. The van der Waals surface area contributed by atoms with Crippen molar-refractivity contribution in [1.29, 1.82) is 0 Å². The van der Waals surface area contributed by atoms with Crippen LogP contribution in [0, 0.1) is 0 Å². The molecule has 0 aliphatic carbocycles. The predicted molar refractivity (Wildman–Crippen MR) is 70.7 cm³/mol. The number of fused-ring (bicyclic) bond motifs is 1. The first-order valence-electron chi connectivity index (χ1n) is 6.04. The molecule has 0 aromatic carbocycles. The molecule has 0 radical (unpaired) electrons. The van der Waals surface area contributed by atoms with Crippen LogP contribution in [-0.4, -0.2) is 21.2 Å².